The Morgan fingerprint density at radius 2 is 2.05 bits per heavy atom. The predicted octanol–water partition coefficient (Wildman–Crippen LogP) is 3.45. The first-order valence-corrected chi connectivity index (χ1v) is 6.69. The second-order valence-corrected chi connectivity index (χ2v) is 5.08. The fraction of sp³-hybridized carbons (Fsp3) is 0.400. The van der Waals surface area contributed by atoms with Crippen LogP contribution in [0.2, 0.25) is 0 Å². The Bertz CT molecular complexity index is 574. The van der Waals surface area contributed by atoms with E-state index in [9.17, 15) is 0 Å². The summed E-state index contributed by atoms with van der Waals surface area (Å²) >= 11 is 0. The Balaban J connectivity index is 1.95. The second kappa shape index (κ2) is 4.61. The van der Waals surface area contributed by atoms with Gasteiger partial charge in [-0.05, 0) is 37.0 Å². The van der Waals surface area contributed by atoms with E-state index in [2.05, 4.69) is 12.1 Å². The molecule has 2 N–H and O–H groups in total. The minimum Gasteiger partial charge on any atom is -0.494 e. The molecule has 19 heavy (non-hydrogen) atoms. The first kappa shape index (κ1) is 12.1. The topological polar surface area (TPSA) is 61.3 Å². The normalized spacial score (nSPS) is 21.4. The third kappa shape index (κ3) is 2.18. The van der Waals surface area contributed by atoms with Gasteiger partial charge in [0.1, 0.15) is 11.5 Å². The van der Waals surface area contributed by atoms with Crippen molar-refractivity contribution in [1.29, 1.82) is 0 Å². The maximum atomic E-state index is 5.95. The Hall–Kier alpha value is -1.97. The van der Waals surface area contributed by atoms with Gasteiger partial charge in [-0.25, -0.2) is 0 Å². The molecule has 0 spiro atoms. The number of ether oxygens (including phenoxy) is 1. The predicted molar refractivity (Wildman–Crippen MR) is 74.0 cm³/mol. The number of benzene rings is 1. The molecular weight excluding hydrogens is 240 g/mol. The molecule has 1 aromatic carbocycles. The van der Waals surface area contributed by atoms with Crippen LogP contribution in [-0.4, -0.2) is 11.8 Å². The summed E-state index contributed by atoms with van der Waals surface area (Å²) in [6.45, 7) is 4.85. The molecular formula is C15H18N2O2. The molecule has 1 aliphatic carbocycles. The van der Waals surface area contributed by atoms with Gasteiger partial charge in [0.05, 0.1) is 12.2 Å². The van der Waals surface area contributed by atoms with Crippen LogP contribution >= 0.6 is 0 Å². The van der Waals surface area contributed by atoms with Crippen molar-refractivity contribution in [2.45, 2.75) is 26.2 Å². The molecule has 1 aromatic heterocycles. The van der Waals surface area contributed by atoms with E-state index in [0.29, 0.717) is 24.3 Å². The van der Waals surface area contributed by atoms with Crippen molar-refractivity contribution in [3.63, 3.8) is 0 Å². The zero-order valence-corrected chi connectivity index (χ0v) is 11.2. The molecule has 2 aromatic rings. The van der Waals surface area contributed by atoms with Crippen LogP contribution in [0.5, 0.6) is 5.75 Å². The van der Waals surface area contributed by atoms with Crippen molar-refractivity contribution >= 4 is 5.82 Å². The van der Waals surface area contributed by atoms with Crippen LogP contribution in [0.4, 0.5) is 5.82 Å². The summed E-state index contributed by atoms with van der Waals surface area (Å²) in [7, 11) is 0. The molecule has 100 valence electrons. The van der Waals surface area contributed by atoms with Crippen molar-refractivity contribution in [2.24, 2.45) is 5.92 Å². The summed E-state index contributed by atoms with van der Waals surface area (Å²) in [5, 5.41) is 3.92. The van der Waals surface area contributed by atoms with Gasteiger partial charge in [0.15, 0.2) is 5.82 Å². The lowest BCUT2D eigenvalue weighted by molar-refractivity contribution is 0.340. The van der Waals surface area contributed by atoms with Gasteiger partial charge in [-0.3, -0.25) is 0 Å². The number of nitrogens with two attached hydrogens (primary N) is 1. The first-order valence-electron chi connectivity index (χ1n) is 6.69. The summed E-state index contributed by atoms with van der Waals surface area (Å²) in [6, 6.07) is 7.91. The molecule has 0 bridgehead atoms. The fourth-order valence-corrected chi connectivity index (χ4v) is 2.43. The lowest BCUT2D eigenvalue weighted by atomic mass is 10.0. The van der Waals surface area contributed by atoms with Gasteiger partial charge in [0.25, 0.3) is 0 Å². The largest absolute Gasteiger partial charge is 0.494 e. The maximum absolute atomic E-state index is 5.95. The molecule has 1 fully saturated rings. The molecule has 1 saturated carbocycles. The van der Waals surface area contributed by atoms with Crippen molar-refractivity contribution in [3.05, 3.63) is 30.0 Å². The Kier molecular flexibility index (Phi) is 2.93. The zero-order valence-electron chi connectivity index (χ0n) is 11.2. The van der Waals surface area contributed by atoms with Crippen LogP contribution in [0.25, 0.3) is 11.1 Å². The fourth-order valence-electron chi connectivity index (χ4n) is 2.43. The van der Waals surface area contributed by atoms with Gasteiger partial charge in [-0.1, -0.05) is 24.2 Å². The lowest BCUT2D eigenvalue weighted by Crippen LogP contribution is -1.92. The molecule has 3 rings (SSSR count). The minimum atomic E-state index is 0.464. The van der Waals surface area contributed by atoms with Gasteiger partial charge in [-0.2, -0.15) is 0 Å². The monoisotopic (exact) mass is 258 g/mol. The van der Waals surface area contributed by atoms with E-state index in [1.807, 2.05) is 31.2 Å². The SMILES string of the molecule is CCOc1ccc(-c2c(N)noc2C2CC2C)cc1. The quantitative estimate of drug-likeness (QED) is 0.912. The second-order valence-electron chi connectivity index (χ2n) is 5.08. The van der Waals surface area contributed by atoms with Crippen molar-refractivity contribution in [2.75, 3.05) is 12.3 Å². The molecule has 0 amide bonds. The van der Waals surface area contributed by atoms with Gasteiger partial charge in [0.2, 0.25) is 0 Å². The number of nitrogens with zero attached hydrogens (tertiary/aromatic N) is 1. The third-order valence-electron chi connectivity index (χ3n) is 3.65. The molecule has 4 heteroatoms. The number of hydrogen-bond acceptors (Lipinski definition) is 4. The highest BCUT2D eigenvalue weighted by Gasteiger charge is 2.40. The minimum absolute atomic E-state index is 0.464. The highest BCUT2D eigenvalue weighted by molar-refractivity contribution is 5.76. The number of hydrogen-bond donors (Lipinski definition) is 1. The Morgan fingerprint density at radius 1 is 1.37 bits per heavy atom. The summed E-state index contributed by atoms with van der Waals surface area (Å²) in [5.74, 6) is 3.38. The Morgan fingerprint density at radius 3 is 2.63 bits per heavy atom. The van der Waals surface area contributed by atoms with Crippen LogP contribution in [0.15, 0.2) is 28.8 Å². The van der Waals surface area contributed by atoms with E-state index in [0.717, 1.165) is 29.1 Å². The number of nitrogen functional groups attached to an aromatic ring is 1. The zero-order chi connectivity index (χ0) is 13.4. The van der Waals surface area contributed by atoms with E-state index in [-0.39, 0.29) is 0 Å². The lowest BCUT2D eigenvalue weighted by Gasteiger charge is -2.05. The van der Waals surface area contributed by atoms with E-state index in [1.54, 1.807) is 0 Å². The molecule has 2 unspecified atom stereocenters. The van der Waals surface area contributed by atoms with Crippen molar-refractivity contribution in [1.82, 2.24) is 5.16 Å². The van der Waals surface area contributed by atoms with Crippen molar-refractivity contribution < 1.29 is 9.26 Å². The van der Waals surface area contributed by atoms with Gasteiger partial charge < -0.3 is 15.0 Å². The molecule has 1 aliphatic rings. The first-order chi connectivity index (χ1) is 9.20. The highest BCUT2D eigenvalue weighted by Crippen LogP contribution is 2.51. The molecule has 0 radical (unpaired) electrons. The number of anilines is 1. The van der Waals surface area contributed by atoms with E-state index in [4.69, 9.17) is 15.0 Å². The standard InChI is InChI=1S/C15H18N2O2/c1-3-18-11-6-4-10(5-7-11)13-14(12-8-9(12)2)19-17-15(13)16/h4-7,9,12H,3,8H2,1-2H3,(H2,16,17). The molecule has 2 atom stereocenters. The third-order valence-corrected chi connectivity index (χ3v) is 3.65. The number of rotatable bonds is 4. The molecule has 0 aliphatic heterocycles. The summed E-state index contributed by atoms with van der Waals surface area (Å²) in [5.41, 5.74) is 7.93. The van der Waals surface area contributed by atoms with Gasteiger partial charge in [-0.15, -0.1) is 0 Å². The van der Waals surface area contributed by atoms with Crippen LogP contribution in [-0.2, 0) is 0 Å². The van der Waals surface area contributed by atoms with E-state index in [1.165, 1.54) is 0 Å². The van der Waals surface area contributed by atoms with Crippen molar-refractivity contribution in [3.8, 4) is 16.9 Å². The van der Waals surface area contributed by atoms with E-state index >= 15 is 0 Å². The molecule has 0 saturated heterocycles. The maximum Gasteiger partial charge on any atom is 0.175 e. The average Bonchev–Trinajstić information content (AvgIpc) is 3.00. The molecule has 4 nitrogen and oxygen atoms in total. The van der Waals surface area contributed by atoms with Crippen LogP contribution < -0.4 is 10.5 Å². The summed E-state index contributed by atoms with van der Waals surface area (Å²) in [6.07, 6.45) is 1.15. The molecule has 1 heterocycles. The smallest absolute Gasteiger partial charge is 0.175 e. The van der Waals surface area contributed by atoms with Gasteiger partial charge in [0, 0.05) is 5.92 Å². The van der Waals surface area contributed by atoms with Crippen LogP contribution in [0.1, 0.15) is 31.9 Å². The van der Waals surface area contributed by atoms with Gasteiger partial charge >= 0.3 is 0 Å². The van der Waals surface area contributed by atoms with E-state index < -0.39 is 0 Å². The van der Waals surface area contributed by atoms with Crippen LogP contribution in [0.3, 0.4) is 0 Å². The average molecular weight is 258 g/mol. The number of aromatic nitrogens is 1. The van der Waals surface area contributed by atoms with Crippen LogP contribution in [0, 0.1) is 5.92 Å². The summed E-state index contributed by atoms with van der Waals surface area (Å²) < 4.78 is 10.9. The Labute approximate surface area is 112 Å². The summed E-state index contributed by atoms with van der Waals surface area (Å²) in [4.78, 5) is 0. The highest BCUT2D eigenvalue weighted by atomic mass is 16.5.